The summed E-state index contributed by atoms with van der Waals surface area (Å²) >= 11 is 0. The minimum absolute atomic E-state index is 0.0730. The number of carbonyl (C=O) groups is 1. The first kappa shape index (κ1) is 12.8. The zero-order valence-corrected chi connectivity index (χ0v) is 10.5. The summed E-state index contributed by atoms with van der Waals surface area (Å²) in [6, 6.07) is 2.07. The van der Waals surface area contributed by atoms with Gasteiger partial charge in [-0.15, -0.1) is 0 Å². The van der Waals surface area contributed by atoms with Crippen molar-refractivity contribution in [3.8, 4) is 0 Å². The monoisotopic (exact) mass is 251 g/mol. The van der Waals surface area contributed by atoms with Crippen molar-refractivity contribution in [3.63, 3.8) is 0 Å². The van der Waals surface area contributed by atoms with Crippen LogP contribution in [0.25, 0.3) is 0 Å². The fourth-order valence-corrected chi connectivity index (χ4v) is 2.12. The average molecular weight is 251 g/mol. The number of hydrogen-bond acceptors (Lipinski definition) is 6. The molecule has 0 saturated heterocycles. The molecule has 1 aliphatic carbocycles. The summed E-state index contributed by atoms with van der Waals surface area (Å²) < 4.78 is 9.90. The number of nitrogens with one attached hydrogen (secondary N) is 1. The van der Waals surface area contributed by atoms with E-state index in [1.165, 1.54) is 7.11 Å². The number of carbonyl (C=O) groups excluding carboxylic acids is 1. The topological polar surface area (TPSA) is 73.3 Å². The molecular weight excluding hydrogens is 234 g/mol. The third-order valence-corrected chi connectivity index (χ3v) is 3.09. The van der Waals surface area contributed by atoms with Crippen molar-refractivity contribution in [1.29, 1.82) is 0 Å². The normalized spacial score (nSPS) is 22.8. The number of esters is 1. The number of hydrogen-bond donors (Lipinski definition) is 1. The molecule has 0 spiro atoms. The number of aromatic nitrogens is 2. The number of methoxy groups -OCH3 is 2. The van der Waals surface area contributed by atoms with E-state index < -0.39 is 5.97 Å². The van der Waals surface area contributed by atoms with Crippen molar-refractivity contribution in [2.24, 2.45) is 0 Å². The highest BCUT2D eigenvalue weighted by Crippen LogP contribution is 2.24. The first-order valence-electron chi connectivity index (χ1n) is 5.93. The Labute approximate surface area is 106 Å². The summed E-state index contributed by atoms with van der Waals surface area (Å²) in [4.78, 5) is 19.3. The van der Waals surface area contributed by atoms with Crippen molar-refractivity contribution in [2.45, 2.75) is 31.4 Å². The van der Waals surface area contributed by atoms with E-state index in [4.69, 9.17) is 4.74 Å². The summed E-state index contributed by atoms with van der Waals surface area (Å²) in [7, 11) is 3.04. The van der Waals surface area contributed by atoms with Gasteiger partial charge in [-0.25, -0.2) is 14.8 Å². The molecule has 18 heavy (non-hydrogen) atoms. The van der Waals surface area contributed by atoms with Crippen LogP contribution in [0.4, 0.5) is 5.82 Å². The smallest absolute Gasteiger partial charge is 0.376 e. The molecule has 2 atom stereocenters. The van der Waals surface area contributed by atoms with E-state index in [2.05, 4.69) is 20.0 Å². The van der Waals surface area contributed by atoms with Crippen LogP contribution in [0.1, 0.15) is 29.9 Å². The number of ether oxygens (including phenoxy) is 2. The average Bonchev–Trinajstić information content (AvgIpc) is 2.86. The van der Waals surface area contributed by atoms with Crippen molar-refractivity contribution >= 4 is 11.8 Å². The SMILES string of the molecule is COC(=O)c1nccc(NC2CCC(OC)C2)n1. The van der Waals surface area contributed by atoms with Crippen LogP contribution in [0.5, 0.6) is 0 Å². The maximum Gasteiger partial charge on any atom is 0.376 e. The molecule has 0 aromatic carbocycles. The first-order valence-corrected chi connectivity index (χ1v) is 5.93. The predicted octanol–water partition coefficient (Wildman–Crippen LogP) is 1.24. The van der Waals surface area contributed by atoms with Crippen molar-refractivity contribution < 1.29 is 14.3 Å². The molecule has 1 saturated carbocycles. The Balaban J connectivity index is 1.99. The maximum atomic E-state index is 11.3. The Morgan fingerprint density at radius 1 is 1.44 bits per heavy atom. The Morgan fingerprint density at radius 3 is 2.94 bits per heavy atom. The van der Waals surface area contributed by atoms with Crippen LogP contribution in [0, 0.1) is 0 Å². The molecule has 0 amide bonds. The second-order valence-electron chi connectivity index (χ2n) is 4.27. The number of rotatable bonds is 4. The van der Waals surface area contributed by atoms with Gasteiger partial charge < -0.3 is 14.8 Å². The van der Waals surface area contributed by atoms with E-state index in [1.807, 2.05) is 0 Å². The predicted molar refractivity (Wildman–Crippen MR) is 65.4 cm³/mol. The zero-order valence-electron chi connectivity index (χ0n) is 10.5. The molecule has 2 unspecified atom stereocenters. The lowest BCUT2D eigenvalue weighted by atomic mass is 10.2. The van der Waals surface area contributed by atoms with Crippen LogP contribution in [-0.2, 0) is 9.47 Å². The highest BCUT2D eigenvalue weighted by Gasteiger charge is 2.24. The van der Waals surface area contributed by atoms with Crippen LogP contribution >= 0.6 is 0 Å². The molecule has 6 heteroatoms. The highest BCUT2D eigenvalue weighted by atomic mass is 16.5. The first-order chi connectivity index (χ1) is 8.72. The van der Waals surface area contributed by atoms with Gasteiger partial charge in [-0.2, -0.15) is 0 Å². The summed E-state index contributed by atoms with van der Waals surface area (Å²) in [6.07, 6.45) is 4.89. The van der Waals surface area contributed by atoms with E-state index in [9.17, 15) is 4.79 Å². The van der Waals surface area contributed by atoms with Gasteiger partial charge in [-0.3, -0.25) is 0 Å². The van der Waals surface area contributed by atoms with Crippen LogP contribution in [0.2, 0.25) is 0 Å². The lowest BCUT2D eigenvalue weighted by Gasteiger charge is -2.13. The second-order valence-corrected chi connectivity index (χ2v) is 4.27. The van der Waals surface area contributed by atoms with Gasteiger partial charge >= 0.3 is 5.97 Å². The Bertz CT molecular complexity index is 425. The molecule has 1 aliphatic rings. The lowest BCUT2D eigenvalue weighted by Crippen LogP contribution is -2.19. The van der Waals surface area contributed by atoms with E-state index in [0.29, 0.717) is 18.0 Å². The van der Waals surface area contributed by atoms with Gasteiger partial charge in [0.25, 0.3) is 0 Å². The fraction of sp³-hybridized carbons (Fsp3) is 0.583. The van der Waals surface area contributed by atoms with Crippen molar-refractivity contribution in [3.05, 3.63) is 18.1 Å². The van der Waals surface area contributed by atoms with E-state index in [-0.39, 0.29) is 5.82 Å². The van der Waals surface area contributed by atoms with E-state index in [1.54, 1.807) is 19.4 Å². The quantitative estimate of drug-likeness (QED) is 0.812. The minimum atomic E-state index is -0.528. The van der Waals surface area contributed by atoms with E-state index in [0.717, 1.165) is 19.3 Å². The fourth-order valence-electron chi connectivity index (χ4n) is 2.12. The molecule has 0 bridgehead atoms. The Kier molecular flexibility index (Phi) is 4.09. The molecule has 1 aromatic heterocycles. The number of nitrogens with zero attached hydrogens (tertiary/aromatic N) is 2. The summed E-state index contributed by atoms with van der Waals surface area (Å²) in [5.41, 5.74) is 0. The molecule has 6 nitrogen and oxygen atoms in total. The minimum Gasteiger partial charge on any atom is -0.463 e. The molecular formula is C12H17N3O3. The van der Waals surface area contributed by atoms with Crippen molar-refractivity contribution in [2.75, 3.05) is 19.5 Å². The van der Waals surface area contributed by atoms with Gasteiger partial charge in [0.2, 0.25) is 5.82 Å². The standard InChI is InChI=1S/C12H17N3O3/c1-17-9-4-3-8(7-9)14-10-5-6-13-11(15-10)12(16)18-2/h5-6,8-9H,3-4,7H2,1-2H3,(H,13,14,15). The van der Waals surface area contributed by atoms with Crippen LogP contribution in [0.15, 0.2) is 12.3 Å². The lowest BCUT2D eigenvalue weighted by molar-refractivity contribution is 0.0587. The molecule has 1 fully saturated rings. The maximum absolute atomic E-state index is 11.3. The van der Waals surface area contributed by atoms with Gasteiger partial charge in [-0.05, 0) is 25.3 Å². The molecule has 1 N–H and O–H groups in total. The van der Waals surface area contributed by atoms with Gasteiger partial charge in [0.1, 0.15) is 5.82 Å². The third kappa shape index (κ3) is 2.95. The number of anilines is 1. The van der Waals surface area contributed by atoms with Gasteiger partial charge in [0, 0.05) is 19.3 Å². The second kappa shape index (κ2) is 5.77. The Morgan fingerprint density at radius 2 is 2.28 bits per heavy atom. The van der Waals surface area contributed by atoms with Gasteiger partial charge in [0.15, 0.2) is 0 Å². The van der Waals surface area contributed by atoms with Gasteiger partial charge in [-0.1, -0.05) is 0 Å². The molecule has 1 heterocycles. The summed E-state index contributed by atoms with van der Waals surface area (Å²) in [6.45, 7) is 0. The zero-order chi connectivity index (χ0) is 13.0. The molecule has 2 rings (SSSR count). The Hall–Kier alpha value is -1.69. The van der Waals surface area contributed by atoms with Crippen LogP contribution in [0.3, 0.4) is 0 Å². The highest BCUT2D eigenvalue weighted by molar-refractivity contribution is 5.85. The third-order valence-electron chi connectivity index (χ3n) is 3.09. The van der Waals surface area contributed by atoms with Gasteiger partial charge in [0.05, 0.1) is 13.2 Å². The van der Waals surface area contributed by atoms with Crippen molar-refractivity contribution in [1.82, 2.24) is 9.97 Å². The molecule has 98 valence electrons. The molecule has 0 radical (unpaired) electrons. The van der Waals surface area contributed by atoms with Crippen LogP contribution < -0.4 is 5.32 Å². The van der Waals surface area contributed by atoms with E-state index >= 15 is 0 Å². The molecule has 1 aromatic rings. The van der Waals surface area contributed by atoms with Crippen LogP contribution in [-0.4, -0.2) is 42.3 Å². The largest absolute Gasteiger partial charge is 0.463 e. The summed E-state index contributed by atoms with van der Waals surface area (Å²) in [5.74, 6) is 0.191. The molecule has 0 aliphatic heterocycles. The summed E-state index contributed by atoms with van der Waals surface area (Å²) in [5, 5.41) is 3.29.